The van der Waals surface area contributed by atoms with Crippen LogP contribution in [0.2, 0.25) is 0 Å². The number of aromatic amines is 1. The molecule has 3 heterocycles. The van der Waals surface area contributed by atoms with Crippen molar-refractivity contribution in [2.45, 2.75) is 13.8 Å². The summed E-state index contributed by atoms with van der Waals surface area (Å²) in [6.07, 6.45) is 4.52. The Morgan fingerprint density at radius 1 is 1.11 bits per heavy atom. The van der Waals surface area contributed by atoms with Gasteiger partial charge in [0.05, 0.1) is 4.88 Å². The molecule has 0 atom stereocenters. The number of carbonyl (C=O) groups excluding carboxylic acids is 1. The summed E-state index contributed by atoms with van der Waals surface area (Å²) in [6, 6.07) is 11.0. The molecule has 5 nitrogen and oxygen atoms in total. The van der Waals surface area contributed by atoms with Gasteiger partial charge in [-0.05, 0) is 42.3 Å². The van der Waals surface area contributed by atoms with Gasteiger partial charge >= 0.3 is 0 Å². The maximum absolute atomic E-state index is 11.2. The summed E-state index contributed by atoms with van der Waals surface area (Å²) in [5.74, 6) is 0.220. The van der Waals surface area contributed by atoms with E-state index in [0.29, 0.717) is 4.88 Å². The first kappa shape index (κ1) is 20.4. The molecule has 0 bridgehead atoms. The van der Waals surface area contributed by atoms with E-state index >= 15 is 0 Å². The smallest absolute Gasteiger partial charge is 0.160 e. The van der Waals surface area contributed by atoms with E-state index in [-0.39, 0.29) is 5.75 Å². The standard InChI is InChI=1S/C18H12N2O2S.C2H6.CH5N/c21-10-17-14(4-5-23-17)16-9-20-18-15(16)7-12(8-19-18)11-2-1-3-13(22)6-11;2*1-2/h1-10,22H,(H,19,20);1-2H3;2H2,1H3. The molecule has 0 aliphatic carbocycles. The highest BCUT2D eigenvalue weighted by molar-refractivity contribution is 7.12. The zero-order chi connectivity index (χ0) is 19.8. The lowest BCUT2D eigenvalue weighted by Crippen LogP contribution is -1.83. The van der Waals surface area contributed by atoms with Gasteiger partial charge < -0.3 is 15.8 Å². The van der Waals surface area contributed by atoms with Gasteiger partial charge in [-0.15, -0.1) is 11.3 Å². The number of hydrogen-bond acceptors (Lipinski definition) is 5. The maximum atomic E-state index is 11.2. The molecule has 4 rings (SSSR count). The van der Waals surface area contributed by atoms with Crippen molar-refractivity contribution in [3.05, 3.63) is 59.0 Å². The summed E-state index contributed by atoms with van der Waals surface area (Å²) in [7, 11) is 1.50. The minimum Gasteiger partial charge on any atom is -0.508 e. The van der Waals surface area contributed by atoms with Crippen LogP contribution in [0.5, 0.6) is 5.75 Å². The van der Waals surface area contributed by atoms with Crippen molar-refractivity contribution in [3.8, 4) is 28.0 Å². The molecule has 1 aromatic carbocycles. The van der Waals surface area contributed by atoms with Crippen LogP contribution in [0.15, 0.2) is 54.2 Å². The number of thiophene rings is 1. The predicted octanol–water partition coefficient (Wildman–Crippen LogP) is 5.08. The molecule has 4 aromatic rings. The highest BCUT2D eigenvalue weighted by Gasteiger charge is 2.13. The van der Waals surface area contributed by atoms with Crippen LogP contribution in [0.4, 0.5) is 0 Å². The van der Waals surface area contributed by atoms with E-state index in [2.05, 4.69) is 15.7 Å². The average Bonchev–Trinajstić information content (AvgIpc) is 3.36. The molecule has 6 heteroatoms. The molecule has 0 fully saturated rings. The minimum absolute atomic E-state index is 0.220. The van der Waals surface area contributed by atoms with Crippen molar-refractivity contribution in [2.24, 2.45) is 5.73 Å². The number of rotatable bonds is 3. The molecule has 0 aliphatic heterocycles. The van der Waals surface area contributed by atoms with Crippen LogP contribution in [-0.4, -0.2) is 28.4 Å². The number of H-pyrrole nitrogens is 1. The number of nitrogens with zero attached hydrogens (tertiary/aromatic N) is 1. The van der Waals surface area contributed by atoms with Gasteiger partial charge in [0.1, 0.15) is 11.4 Å². The van der Waals surface area contributed by atoms with Gasteiger partial charge in [0.2, 0.25) is 0 Å². The number of phenols is 1. The number of nitrogens with one attached hydrogen (secondary N) is 1. The second-order valence-corrected chi connectivity index (χ2v) is 6.14. The molecular formula is C21H23N3O2S. The quantitative estimate of drug-likeness (QED) is 0.432. The summed E-state index contributed by atoms with van der Waals surface area (Å²) >= 11 is 1.42. The normalized spacial score (nSPS) is 9.78. The minimum atomic E-state index is 0.220. The molecule has 0 saturated heterocycles. The Hall–Kier alpha value is -2.96. The Labute approximate surface area is 162 Å². The second kappa shape index (κ2) is 9.66. The van der Waals surface area contributed by atoms with Crippen molar-refractivity contribution in [1.82, 2.24) is 9.97 Å². The summed E-state index contributed by atoms with van der Waals surface area (Å²) in [6.45, 7) is 4.00. The van der Waals surface area contributed by atoms with Gasteiger partial charge in [0, 0.05) is 34.5 Å². The number of nitrogens with two attached hydrogens (primary N) is 1. The van der Waals surface area contributed by atoms with Crippen LogP contribution in [-0.2, 0) is 0 Å². The number of fused-ring (bicyclic) bond motifs is 1. The number of aromatic hydroxyl groups is 1. The Bertz CT molecular complexity index is 1020. The molecule has 140 valence electrons. The monoisotopic (exact) mass is 381 g/mol. The Morgan fingerprint density at radius 3 is 2.59 bits per heavy atom. The lowest BCUT2D eigenvalue weighted by molar-refractivity contribution is 0.112. The zero-order valence-electron chi connectivity index (χ0n) is 15.6. The summed E-state index contributed by atoms with van der Waals surface area (Å²) < 4.78 is 0. The Balaban J connectivity index is 0.000000614. The first-order chi connectivity index (χ1) is 13.3. The fourth-order valence-corrected chi connectivity index (χ4v) is 3.42. The number of aromatic nitrogens is 2. The molecule has 0 aliphatic rings. The van der Waals surface area contributed by atoms with Gasteiger partial charge in [0.15, 0.2) is 6.29 Å². The summed E-state index contributed by atoms with van der Waals surface area (Å²) in [5, 5.41) is 12.5. The Kier molecular flexibility index (Phi) is 7.28. The molecule has 0 amide bonds. The third-order valence-electron chi connectivity index (χ3n) is 3.80. The number of pyridine rings is 1. The third-order valence-corrected chi connectivity index (χ3v) is 4.65. The zero-order valence-corrected chi connectivity index (χ0v) is 16.4. The third kappa shape index (κ3) is 4.24. The second-order valence-electron chi connectivity index (χ2n) is 5.19. The van der Waals surface area contributed by atoms with Crippen LogP contribution >= 0.6 is 11.3 Å². The molecule has 27 heavy (non-hydrogen) atoms. The van der Waals surface area contributed by atoms with Crippen LogP contribution in [0.3, 0.4) is 0 Å². The van der Waals surface area contributed by atoms with Gasteiger partial charge in [-0.25, -0.2) is 4.98 Å². The molecule has 4 N–H and O–H groups in total. The largest absolute Gasteiger partial charge is 0.508 e. The number of aldehydes is 1. The van der Waals surface area contributed by atoms with Crippen LogP contribution in [0.25, 0.3) is 33.3 Å². The highest BCUT2D eigenvalue weighted by Crippen LogP contribution is 2.34. The summed E-state index contributed by atoms with van der Waals surface area (Å²) in [5.41, 5.74) is 8.94. The van der Waals surface area contributed by atoms with Crippen molar-refractivity contribution in [1.29, 1.82) is 0 Å². The first-order valence-corrected chi connectivity index (χ1v) is 9.51. The number of carbonyl (C=O) groups is 1. The predicted molar refractivity (Wildman–Crippen MR) is 113 cm³/mol. The van der Waals surface area contributed by atoms with Crippen molar-refractivity contribution < 1.29 is 9.90 Å². The van der Waals surface area contributed by atoms with Gasteiger partial charge in [-0.3, -0.25) is 4.79 Å². The van der Waals surface area contributed by atoms with Crippen LogP contribution in [0.1, 0.15) is 23.5 Å². The van der Waals surface area contributed by atoms with Crippen molar-refractivity contribution >= 4 is 28.7 Å². The van der Waals surface area contributed by atoms with E-state index < -0.39 is 0 Å². The van der Waals surface area contributed by atoms with E-state index in [1.54, 1.807) is 24.4 Å². The van der Waals surface area contributed by atoms with Gasteiger partial charge in [-0.2, -0.15) is 0 Å². The first-order valence-electron chi connectivity index (χ1n) is 8.63. The Morgan fingerprint density at radius 2 is 1.89 bits per heavy atom. The maximum Gasteiger partial charge on any atom is 0.160 e. The molecule has 0 spiro atoms. The van der Waals surface area contributed by atoms with Gasteiger partial charge in [0.25, 0.3) is 0 Å². The molecular weight excluding hydrogens is 358 g/mol. The van der Waals surface area contributed by atoms with Crippen molar-refractivity contribution in [2.75, 3.05) is 7.05 Å². The van der Waals surface area contributed by atoms with Gasteiger partial charge in [-0.1, -0.05) is 26.0 Å². The van der Waals surface area contributed by atoms with E-state index in [9.17, 15) is 9.90 Å². The lowest BCUT2D eigenvalue weighted by Gasteiger charge is -2.03. The van der Waals surface area contributed by atoms with E-state index in [4.69, 9.17) is 0 Å². The topological polar surface area (TPSA) is 92.0 Å². The van der Waals surface area contributed by atoms with Crippen LogP contribution in [0, 0.1) is 0 Å². The fraction of sp³-hybridized carbons (Fsp3) is 0.143. The number of benzene rings is 1. The highest BCUT2D eigenvalue weighted by atomic mass is 32.1. The van der Waals surface area contributed by atoms with E-state index in [0.717, 1.165) is 39.6 Å². The number of phenolic OH excluding ortho intramolecular Hbond substituents is 1. The molecule has 3 aromatic heterocycles. The fourth-order valence-electron chi connectivity index (χ4n) is 2.70. The molecule has 0 unspecified atom stereocenters. The molecule has 0 radical (unpaired) electrons. The molecule has 0 saturated carbocycles. The summed E-state index contributed by atoms with van der Waals surface area (Å²) in [4.78, 5) is 19.5. The van der Waals surface area contributed by atoms with E-state index in [1.165, 1.54) is 18.4 Å². The lowest BCUT2D eigenvalue weighted by atomic mass is 10.0. The average molecular weight is 382 g/mol. The van der Waals surface area contributed by atoms with E-state index in [1.807, 2.05) is 43.6 Å². The van der Waals surface area contributed by atoms with Crippen molar-refractivity contribution in [3.63, 3.8) is 0 Å². The van der Waals surface area contributed by atoms with Crippen LogP contribution < -0.4 is 5.73 Å². The number of hydrogen-bond donors (Lipinski definition) is 3. The SMILES string of the molecule is CC.CN.O=Cc1sccc1-c1c[nH]c2ncc(-c3cccc(O)c3)cc12.